The summed E-state index contributed by atoms with van der Waals surface area (Å²) in [7, 11) is -4.39. The molecule has 0 aromatic heterocycles. The lowest BCUT2D eigenvalue weighted by molar-refractivity contribution is -0.275. The van der Waals surface area contributed by atoms with E-state index in [1.54, 1.807) is 12.1 Å². The zero-order chi connectivity index (χ0) is 23.1. The van der Waals surface area contributed by atoms with Crippen molar-refractivity contribution in [2.24, 2.45) is 5.92 Å². The molecule has 2 aromatic rings. The van der Waals surface area contributed by atoms with Crippen LogP contribution in [0.2, 0.25) is 0 Å². The lowest BCUT2D eigenvalue weighted by Gasteiger charge is -2.36. The van der Waals surface area contributed by atoms with Gasteiger partial charge < -0.3 is 10.1 Å². The van der Waals surface area contributed by atoms with E-state index < -0.39 is 33.1 Å². The van der Waals surface area contributed by atoms with Gasteiger partial charge in [0.25, 0.3) is 0 Å². The molecule has 1 heterocycles. The molecular weight excluding hydrogens is 513 g/mol. The van der Waals surface area contributed by atoms with Crippen LogP contribution in [0.5, 0.6) is 5.75 Å². The van der Waals surface area contributed by atoms with Crippen LogP contribution in [0, 0.1) is 5.92 Å². The Morgan fingerprint density at radius 2 is 1.91 bits per heavy atom. The number of alkyl halides is 3. The fraction of sp³-hybridized carbons (Fsp3) is 0.381. The summed E-state index contributed by atoms with van der Waals surface area (Å²) in [6, 6.07) is 9.91. The van der Waals surface area contributed by atoms with E-state index in [0.29, 0.717) is 12.0 Å². The van der Waals surface area contributed by atoms with Gasteiger partial charge in [0.1, 0.15) is 4.90 Å². The van der Waals surface area contributed by atoms with Crippen molar-refractivity contribution in [3.05, 3.63) is 58.1 Å². The molecule has 4 rings (SSSR count). The molecule has 1 atom stereocenters. The highest BCUT2D eigenvalue weighted by Gasteiger charge is 2.41. The average molecular weight is 533 g/mol. The van der Waals surface area contributed by atoms with Gasteiger partial charge in [-0.2, -0.15) is 4.31 Å². The number of hydrogen-bond donors (Lipinski definition) is 1. The fourth-order valence-corrected chi connectivity index (χ4v) is 5.88. The number of sulfonamides is 1. The molecule has 2 aromatic carbocycles. The maximum atomic E-state index is 13.6. The SMILES string of the molecule is O=C(NCC1c2ccccc2CCN1S(=O)(=O)c1ccc(Br)cc1OC(F)(F)F)C1CC1. The summed E-state index contributed by atoms with van der Waals surface area (Å²) in [5.41, 5.74) is 1.65. The second kappa shape index (κ2) is 8.68. The number of carbonyl (C=O) groups excluding carboxylic acids is 1. The predicted octanol–water partition coefficient (Wildman–Crippen LogP) is 4.16. The lowest BCUT2D eigenvalue weighted by Crippen LogP contribution is -2.45. The molecular formula is C21H20BrF3N2O4S. The van der Waals surface area contributed by atoms with Crippen LogP contribution in [0.1, 0.15) is 30.0 Å². The van der Waals surface area contributed by atoms with Crippen molar-refractivity contribution in [2.75, 3.05) is 13.1 Å². The molecule has 1 fully saturated rings. The summed E-state index contributed by atoms with van der Waals surface area (Å²) in [6.07, 6.45) is -3.07. The van der Waals surface area contributed by atoms with E-state index in [1.807, 2.05) is 12.1 Å². The van der Waals surface area contributed by atoms with Crippen LogP contribution in [0.3, 0.4) is 0 Å². The van der Waals surface area contributed by atoms with E-state index in [0.717, 1.165) is 34.8 Å². The molecule has 32 heavy (non-hydrogen) atoms. The molecule has 1 aliphatic carbocycles. The summed E-state index contributed by atoms with van der Waals surface area (Å²) >= 11 is 3.06. The van der Waals surface area contributed by atoms with Crippen LogP contribution < -0.4 is 10.1 Å². The third kappa shape index (κ3) is 4.94. The first-order valence-corrected chi connectivity index (χ1v) is 12.2. The van der Waals surface area contributed by atoms with Gasteiger partial charge in [-0.25, -0.2) is 8.42 Å². The van der Waals surface area contributed by atoms with E-state index >= 15 is 0 Å². The van der Waals surface area contributed by atoms with Gasteiger partial charge in [-0.15, -0.1) is 13.2 Å². The van der Waals surface area contributed by atoms with Crippen molar-refractivity contribution in [2.45, 2.75) is 36.6 Å². The maximum absolute atomic E-state index is 13.6. The van der Waals surface area contributed by atoms with E-state index in [2.05, 4.69) is 26.0 Å². The normalized spacial score (nSPS) is 19.3. The van der Waals surface area contributed by atoms with Gasteiger partial charge in [-0.3, -0.25) is 4.79 Å². The number of benzene rings is 2. The summed E-state index contributed by atoms with van der Waals surface area (Å²) in [5, 5.41) is 2.81. The van der Waals surface area contributed by atoms with Crippen LogP contribution in [0.15, 0.2) is 51.8 Å². The second-order valence-electron chi connectivity index (χ2n) is 7.74. The van der Waals surface area contributed by atoms with E-state index in [4.69, 9.17) is 0 Å². The number of ether oxygens (including phenoxy) is 1. The Labute approximate surface area is 191 Å². The fourth-order valence-electron chi connectivity index (χ4n) is 3.84. The zero-order valence-corrected chi connectivity index (χ0v) is 19.1. The Bertz CT molecular complexity index is 1140. The van der Waals surface area contributed by atoms with E-state index in [9.17, 15) is 26.4 Å². The molecule has 2 aliphatic rings. The number of rotatable bonds is 6. The quantitative estimate of drug-likeness (QED) is 0.606. The Hall–Kier alpha value is -2.11. The van der Waals surface area contributed by atoms with Gasteiger partial charge in [-0.1, -0.05) is 40.2 Å². The van der Waals surface area contributed by atoms with Crippen LogP contribution >= 0.6 is 15.9 Å². The number of carbonyl (C=O) groups is 1. The highest BCUT2D eigenvalue weighted by Crippen LogP contribution is 2.39. The average Bonchev–Trinajstić information content (AvgIpc) is 3.55. The topological polar surface area (TPSA) is 75.7 Å². The molecule has 0 saturated heterocycles. The van der Waals surface area contributed by atoms with Crippen molar-refractivity contribution >= 4 is 31.9 Å². The number of nitrogens with zero attached hydrogens (tertiary/aromatic N) is 1. The summed E-state index contributed by atoms with van der Waals surface area (Å²) in [4.78, 5) is 11.6. The first-order valence-electron chi connectivity index (χ1n) is 9.99. The van der Waals surface area contributed by atoms with E-state index in [1.165, 1.54) is 6.07 Å². The smallest absolute Gasteiger partial charge is 0.404 e. The maximum Gasteiger partial charge on any atom is 0.573 e. The summed E-state index contributed by atoms with van der Waals surface area (Å²) in [6.45, 7) is 0.0857. The van der Waals surface area contributed by atoms with Gasteiger partial charge in [0.2, 0.25) is 15.9 Å². The van der Waals surface area contributed by atoms with Crippen molar-refractivity contribution in [1.29, 1.82) is 0 Å². The van der Waals surface area contributed by atoms with Gasteiger partial charge in [0.05, 0.1) is 6.04 Å². The number of hydrogen-bond acceptors (Lipinski definition) is 4. The first-order chi connectivity index (χ1) is 15.1. The largest absolute Gasteiger partial charge is 0.573 e. The highest BCUT2D eigenvalue weighted by atomic mass is 79.9. The minimum absolute atomic E-state index is 0.0254. The number of nitrogens with one attached hydrogen (secondary N) is 1. The molecule has 0 spiro atoms. The third-order valence-electron chi connectivity index (χ3n) is 5.50. The molecule has 1 unspecified atom stereocenters. The van der Waals surface area contributed by atoms with Crippen LogP contribution in [0.4, 0.5) is 13.2 Å². The first kappa shape index (κ1) is 23.1. The Kier molecular flexibility index (Phi) is 6.25. The van der Waals surface area contributed by atoms with Crippen molar-refractivity contribution in [3.8, 4) is 5.75 Å². The minimum Gasteiger partial charge on any atom is -0.404 e. The molecule has 1 aliphatic heterocycles. The zero-order valence-electron chi connectivity index (χ0n) is 16.7. The Balaban J connectivity index is 1.72. The minimum atomic E-state index is -5.06. The van der Waals surface area contributed by atoms with E-state index in [-0.39, 0.29) is 29.4 Å². The number of halogens is 4. The van der Waals surface area contributed by atoms with Crippen LogP contribution in [-0.4, -0.2) is 38.1 Å². The van der Waals surface area contributed by atoms with Crippen LogP contribution in [-0.2, 0) is 21.2 Å². The molecule has 6 nitrogen and oxygen atoms in total. The Morgan fingerprint density at radius 1 is 1.19 bits per heavy atom. The van der Waals surface area contributed by atoms with Gasteiger partial charge in [0, 0.05) is 23.5 Å². The molecule has 1 amide bonds. The van der Waals surface area contributed by atoms with Gasteiger partial charge in [-0.05, 0) is 48.6 Å². The monoisotopic (exact) mass is 532 g/mol. The third-order valence-corrected chi connectivity index (χ3v) is 7.94. The summed E-state index contributed by atoms with van der Waals surface area (Å²) in [5.74, 6) is -1.02. The van der Waals surface area contributed by atoms with Crippen molar-refractivity contribution < 1.29 is 31.1 Å². The number of fused-ring (bicyclic) bond motifs is 1. The molecule has 1 saturated carbocycles. The Morgan fingerprint density at radius 3 is 2.59 bits per heavy atom. The van der Waals surface area contributed by atoms with Gasteiger partial charge >= 0.3 is 6.36 Å². The summed E-state index contributed by atoms with van der Waals surface area (Å²) < 4.78 is 71.4. The molecule has 172 valence electrons. The van der Waals surface area contributed by atoms with Crippen molar-refractivity contribution in [3.63, 3.8) is 0 Å². The predicted molar refractivity (Wildman–Crippen MR) is 113 cm³/mol. The molecule has 11 heteroatoms. The molecule has 0 bridgehead atoms. The number of amides is 1. The molecule has 1 N–H and O–H groups in total. The lowest BCUT2D eigenvalue weighted by atomic mass is 9.94. The second-order valence-corrected chi connectivity index (χ2v) is 10.5. The van der Waals surface area contributed by atoms with Crippen molar-refractivity contribution in [1.82, 2.24) is 9.62 Å². The molecule has 0 radical (unpaired) electrons. The van der Waals surface area contributed by atoms with Crippen LogP contribution in [0.25, 0.3) is 0 Å². The highest BCUT2D eigenvalue weighted by molar-refractivity contribution is 9.10. The van der Waals surface area contributed by atoms with Gasteiger partial charge in [0.15, 0.2) is 5.75 Å². The standard InChI is InChI=1S/C21H20BrF3N2O4S/c22-15-7-8-19(18(11-15)31-21(23,24)25)32(29,30)27-10-9-13-3-1-2-4-16(13)17(27)12-26-20(28)14-5-6-14/h1-4,7-8,11,14,17H,5-6,9-10,12H2,(H,26,28).